The lowest BCUT2D eigenvalue weighted by molar-refractivity contribution is -0.168. The molecule has 0 radical (unpaired) electrons. The van der Waals surface area contributed by atoms with Crippen LogP contribution in [0.15, 0.2) is 122 Å². The first-order valence-electron chi connectivity index (χ1n) is 28.8. The van der Waals surface area contributed by atoms with E-state index < -0.39 is 176 Å². The molecule has 1 aromatic carbocycles. The number of allylic oxidation sites excluding steroid dienone is 1. The van der Waals surface area contributed by atoms with Crippen LogP contribution in [0.2, 0.25) is 0 Å². The molecule has 5 fully saturated rings. The van der Waals surface area contributed by atoms with E-state index in [0.29, 0.717) is 30.8 Å². The summed E-state index contributed by atoms with van der Waals surface area (Å²) in [6.45, 7) is 0.751. The molecular weight excluding hydrogens is 1370 g/mol. The van der Waals surface area contributed by atoms with E-state index >= 15 is 0 Å². The number of furan rings is 3. The Bertz CT molecular complexity index is 3460. The zero-order valence-corrected chi connectivity index (χ0v) is 51.7. The van der Waals surface area contributed by atoms with Crippen molar-refractivity contribution in [2.45, 2.75) is 126 Å². The number of hydrogen-bond donors (Lipinski definition) is 17. The van der Waals surface area contributed by atoms with Crippen LogP contribution in [0.4, 0.5) is 0 Å². The van der Waals surface area contributed by atoms with Gasteiger partial charge in [-0.15, -0.1) is 0 Å². The highest BCUT2D eigenvalue weighted by Crippen LogP contribution is 2.31. The Kier molecular flexibility index (Phi) is 34.9. The van der Waals surface area contributed by atoms with Crippen molar-refractivity contribution in [1.29, 1.82) is 0 Å². The molecule has 17 N–H and O–H groups in total. The molecule has 15 unspecified atom stereocenters. The Morgan fingerprint density at radius 2 is 1.28 bits per heavy atom. The van der Waals surface area contributed by atoms with E-state index in [1.807, 2.05) is 18.2 Å². The molecule has 0 aliphatic carbocycles. The van der Waals surface area contributed by atoms with E-state index in [0.717, 1.165) is 18.8 Å². The number of para-hydroxylation sites is 1. The lowest BCUT2D eigenvalue weighted by Crippen LogP contribution is -2.35. The fourth-order valence-corrected chi connectivity index (χ4v) is 7.95. The minimum atomic E-state index is -1.53. The van der Waals surface area contributed by atoms with E-state index in [1.54, 1.807) is 25.1 Å². The summed E-state index contributed by atoms with van der Waals surface area (Å²) in [5, 5.41) is 149. The Balaban J connectivity index is 0.000000293. The van der Waals surface area contributed by atoms with Crippen molar-refractivity contribution >= 4 is 65.2 Å². The van der Waals surface area contributed by atoms with E-state index in [1.165, 1.54) is 48.4 Å². The second kappa shape index (κ2) is 41.4. The third-order valence-electron chi connectivity index (χ3n) is 13.3. The summed E-state index contributed by atoms with van der Waals surface area (Å²) < 4.78 is 55.1. The maximum atomic E-state index is 11.5. The Morgan fingerprint density at radius 3 is 1.66 bits per heavy atom. The van der Waals surface area contributed by atoms with Crippen LogP contribution < -0.4 is 4.74 Å². The number of fused-ring (bicyclic) bond motifs is 2. The van der Waals surface area contributed by atoms with Gasteiger partial charge in [0.05, 0.1) is 45.6 Å². The van der Waals surface area contributed by atoms with Gasteiger partial charge in [-0.25, -0.2) is 28.8 Å². The first-order valence-corrected chi connectivity index (χ1v) is 28.8. The predicted octanol–water partition coefficient (Wildman–Crippen LogP) is -5.31. The molecule has 13 rings (SSSR count). The van der Waals surface area contributed by atoms with Crippen molar-refractivity contribution in [3.8, 4) is 5.75 Å². The third-order valence-corrected chi connectivity index (χ3v) is 13.3. The van der Waals surface area contributed by atoms with Crippen LogP contribution in [0.1, 0.15) is 65.1 Å². The summed E-state index contributed by atoms with van der Waals surface area (Å²) in [5.74, 6) is -7.80. The van der Waals surface area contributed by atoms with Gasteiger partial charge in [-0.05, 0) is 61.0 Å². The number of aliphatic hydroxyl groups is 17. The monoisotopic (exact) mass is 1440 g/mol. The van der Waals surface area contributed by atoms with Crippen molar-refractivity contribution < 1.29 is 195 Å². The minimum absolute atomic E-state index is 0. The predicted molar refractivity (Wildman–Crippen MR) is 318 cm³/mol. The van der Waals surface area contributed by atoms with Crippen LogP contribution >= 0.6 is 0 Å². The highest BCUT2D eigenvalue weighted by Gasteiger charge is 2.56. The molecule has 40 nitrogen and oxygen atoms in total. The summed E-state index contributed by atoms with van der Waals surface area (Å²) in [6, 6.07) is 17.5. The van der Waals surface area contributed by atoms with Crippen molar-refractivity contribution in [3.63, 3.8) is 0 Å². The van der Waals surface area contributed by atoms with Gasteiger partial charge in [-0.2, -0.15) is 0 Å². The molecule has 0 spiro atoms. The Hall–Kier alpha value is -10.2. The molecule has 15 atom stereocenters. The molecule has 9 aliphatic rings. The topological polar surface area (TPSA) is 654 Å². The molecule has 101 heavy (non-hydrogen) atoms. The van der Waals surface area contributed by atoms with Gasteiger partial charge in [0.25, 0.3) is 5.78 Å². The molecule has 0 amide bonds. The van der Waals surface area contributed by atoms with E-state index in [4.69, 9.17) is 99.7 Å². The molecule has 40 heteroatoms. The number of esters is 6. The normalized spacial score (nSPS) is 25.8. The van der Waals surface area contributed by atoms with Gasteiger partial charge < -0.3 is 143 Å². The molecular formula is C61H72O40. The summed E-state index contributed by atoms with van der Waals surface area (Å²) in [4.78, 5) is 115. The molecule has 5 saturated heterocycles. The quantitative estimate of drug-likeness (QED) is 0.0232. The average molecular weight is 1450 g/mol. The zero-order valence-electron chi connectivity index (χ0n) is 51.7. The fourth-order valence-electron chi connectivity index (χ4n) is 7.95. The fraction of sp³-hybridized carbons (Fsp3) is 0.426. The molecule has 556 valence electrons. The average Bonchev–Trinajstić information content (AvgIpc) is 1.63. The van der Waals surface area contributed by atoms with E-state index in [-0.39, 0.29) is 49.5 Å². The van der Waals surface area contributed by atoms with Gasteiger partial charge in [0, 0.05) is 18.9 Å². The van der Waals surface area contributed by atoms with Gasteiger partial charge >= 0.3 is 41.6 Å². The van der Waals surface area contributed by atoms with Crippen LogP contribution in [-0.4, -0.2) is 278 Å². The molecule has 4 aromatic rings. The van der Waals surface area contributed by atoms with Crippen molar-refractivity contribution in [3.05, 3.63) is 137 Å². The number of hydrogen-bond acceptors (Lipinski definition) is 40. The number of ether oxygens (including phenoxy) is 9. The van der Waals surface area contributed by atoms with Gasteiger partial charge in [0.2, 0.25) is 29.4 Å². The maximum Gasteiger partial charge on any atom is 0.383 e. The number of carbonyl (C=O) groups excluding carboxylic acids is 11. The lowest BCUT2D eigenvalue weighted by atomic mass is 10.1. The van der Waals surface area contributed by atoms with E-state index in [2.05, 4.69) is 44.0 Å². The second-order valence-electron chi connectivity index (χ2n) is 20.3. The van der Waals surface area contributed by atoms with Crippen molar-refractivity contribution in [2.75, 3.05) is 39.6 Å². The maximum absolute atomic E-state index is 11.5. The number of cyclic esters (lactones) is 5. The summed E-state index contributed by atoms with van der Waals surface area (Å²) in [6.07, 6.45) is -11.3. The summed E-state index contributed by atoms with van der Waals surface area (Å²) in [5.41, 5.74) is 1.34. The number of ketones is 4. The molecule has 0 saturated carbocycles. The van der Waals surface area contributed by atoms with Gasteiger partial charge in [-0.3, -0.25) is 24.0 Å². The molecule has 3 aromatic heterocycles. The smallest absolute Gasteiger partial charge is 0.383 e. The second-order valence-corrected chi connectivity index (χ2v) is 20.3. The van der Waals surface area contributed by atoms with Crippen LogP contribution in [0.3, 0.4) is 0 Å². The van der Waals surface area contributed by atoms with Crippen molar-refractivity contribution in [1.82, 2.24) is 0 Å². The van der Waals surface area contributed by atoms with E-state index in [9.17, 15) is 57.8 Å². The number of carbonyl (C=O) groups is 11. The van der Waals surface area contributed by atoms with Crippen LogP contribution in [0, 0.1) is 0 Å². The highest BCUT2D eigenvalue weighted by molar-refractivity contribution is 6.65. The van der Waals surface area contributed by atoms with Crippen LogP contribution in [0.25, 0.3) is 0 Å². The summed E-state index contributed by atoms with van der Waals surface area (Å²) >= 11 is 0. The SMILES string of the molecule is C.CC1=C(O)C(=O)CO1.O=C(c1ccco1)C(O)c1ccco1.O=C1C=CC(O)O1.O=C1OC(C(O)CO)C(=O)C1=O.O=C1OC(C(O)CO)C(O)=C1O.O=C1OC(CO)C(O)C1O.O=C1OC2C(O)C(O)OC2C1O.O=C1OCCC1O.O=Cc1ccc(CO)o1.c1ccc2c(c1)CCO2. The van der Waals surface area contributed by atoms with Crippen molar-refractivity contribution in [2.24, 2.45) is 0 Å². The van der Waals surface area contributed by atoms with Crippen LogP contribution in [-0.2, 0) is 94.1 Å². The largest absolute Gasteiger partial charge is 0.505 e. The summed E-state index contributed by atoms with van der Waals surface area (Å²) in [7, 11) is 0. The zero-order chi connectivity index (χ0) is 74.7. The van der Waals surface area contributed by atoms with Gasteiger partial charge in [0.15, 0.2) is 85.3 Å². The standard InChI is InChI=1S/C10H8O4.C8H8O.2C6H8O6.C6H6O6.C6H6O3.C5H8O5.C5H6O3.C4H6O3.C4H4O3.CH4/c11-9(7-3-1-5-13-7)10(12)8-4-2-6-14-8;1-2-4-8-7(3-1)5-6-9-8;7-1-3-4(12-5(1)9)2(8)6(10)11-3;2*7-1-2(8)5-3(9)4(10)6(11)12-5;7-3-5-1-2-6(4-8)9-5;6-1-2-3(7)4(8)5(9)10-2;1-3-5(7)4(6)2-8-3;5-3-1-2-7-4(3)6;5-3-1-2-4(6)7-3;/h1-6,9,11H;1-4H,5-6H2;1-5,7-9H;2,5,7-10H,1H2;2,5,7-8H,1H2;1-3,8H,4H2;2-4,6-8H,1H2;7H,2H2,1H3;3,5H,1-2H2;1-3,5H;1H4. The van der Waals surface area contributed by atoms with Gasteiger partial charge in [0.1, 0.15) is 60.2 Å². The Morgan fingerprint density at radius 1 is 0.644 bits per heavy atom. The third kappa shape index (κ3) is 24.6. The van der Waals surface area contributed by atoms with Crippen LogP contribution in [0.5, 0.6) is 5.75 Å². The molecule has 12 heterocycles. The minimum Gasteiger partial charge on any atom is -0.505 e. The molecule has 9 aliphatic heterocycles. The number of benzene rings is 1. The number of rotatable bonds is 10. The van der Waals surface area contributed by atoms with Gasteiger partial charge in [-0.1, -0.05) is 25.6 Å². The number of Topliss-reactive ketones (excluding diaryl/α,β-unsaturated/α-hetero) is 4. The first-order chi connectivity index (χ1) is 47.3. The lowest BCUT2D eigenvalue weighted by Gasteiger charge is -2.13. The Labute approximate surface area is 567 Å². The molecule has 0 bridgehead atoms. The highest BCUT2D eigenvalue weighted by atomic mass is 16.7. The first kappa shape index (κ1) is 85.1. The number of aliphatic hydroxyl groups excluding tert-OH is 17. The number of aldehydes is 1.